The van der Waals surface area contributed by atoms with Crippen LogP contribution >= 0.6 is 0 Å². The van der Waals surface area contributed by atoms with Gasteiger partial charge in [0.15, 0.2) is 0 Å². The van der Waals surface area contributed by atoms with E-state index in [4.69, 9.17) is 15.9 Å². The van der Waals surface area contributed by atoms with Gasteiger partial charge in [0.25, 0.3) is 6.02 Å². The summed E-state index contributed by atoms with van der Waals surface area (Å²) in [6.45, 7) is 2.07. The van der Waals surface area contributed by atoms with Crippen molar-refractivity contribution >= 4 is 6.02 Å². The lowest BCUT2D eigenvalue weighted by molar-refractivity contribution is 0.118. The van der Waals surface area contributed by atoms with Gasteiger partial charge in [0.05, 0.1) is 0 Å². The summed E-state index contributed by atoms with van der Waals surface area (Å²) in [5.74, 6) is 0.356. The minimum absolute atomic E-state index is 0.00947. The van der Waals surface area contributed by atoms with Crippen LogP contribution in [0.5, 0.6) is 0 Å². The summed E-state index contributed by atoms with van der Waals surface area (Å²) in [7, 11) is 0. The highest BCUT2D eigenvalue weighted by molar-refractivity contribution is 5.69. The molecule has 1 aliphatic rings. The fraction of sp³-hybridized carbons (Fsp3) is 0.353. The molecule has 5 nitrogen and oxygen atoms in total. The second-order valence-corrected chi connectivity index (χ2v) is 5.67. The molecular weight excluding hydrogens is 276 g/mol. The van der Waals surface area contributed by atoms with Crippen LogP contribution in [0, 0.1) is 11.3 Å². The van der Waals surface area contributed by atoms with Crippen LogP contribution in [0.2, 0.25) is 0 Å². The molecule has 3 N–H and O–H groups in total. The fourth-order valence-corrected chi connectivity index (χ4v) is 3.33. The molecule has 1 heterocycles. The number of aromatic nitrogens is 2. The van der Waals surface area contributed by atoms with Gasteiger partial charge in [-0.1, -0.05) is 25.1 Å². The van der Waals surface area contributed by atoms with Crippen molar-refractivity contribution in [3.8, 4) is 11.1 Å². The molecule has 1 aromatic heterocycles. The number of hydrogen-bond donors (Lipinski definition) is 2. The second-order valence-electron chi connectivity index (χ2n) is 5.67. The Kier molecular flexibility index (Phi) is 4.04. The standard InChI is InChI=1S/C17H20N4O/c1-2-16(22-17(18)19)12-6-11-4-3-5-14(15(11)7-12)13-8-20-10-21-9-13/h3-5,8-10,12,16H,2,6-7H2,1H3,(H3,18,19)/t12?,16-/m1/s1. The summed E-state index contributed by atoms with van der Waals surface area (Å²) in [5.41, 5.74) is 10.3. The van der Waals surface area contributed by atoms with E-state index in [1.165, 1.54) is 16.7 Å². The SMILES string of the molecule is CC[C@@H](OC(=N)N)C1Cc2cccc(-c3cncnc3)c2C1. The number of nitrogens with one attached hydrogen (secondary N) is 1. The Balaban J connectivity index is 1.89. The van der Waals surface area contributed by atoms with Crippen LogP contribution in [0.1, 0.15) is 24.5 Å². The fourth-order valence-electron chi connectivity index (χ4n) is 3.33. The summed E-state index contributed by atoms with van der Waals surface area (Å²) < 4.78 is 5.50. The van der Waals surface area contributed by atoms with E-state index < -0.39 is 0 Å². The summed E-state index contributed by atoms with van der Waals surface area (Å²) in [5, 5.41) is 7.37. The number of fused-ring (bicyclic) bond motifs is 1. The minimum Gasteiger partial charge on any atom is -0.462 e. The van der Waals surface area contributed by atoms with Crippen LogP contribution in [0.4, 0.5) is 0 Å². The van der Waals surface area contributed by atoms with Gasteiger partial charge in [0.2, 0.25) is 0 Å². The van der Waals surface area contributed by atoms with Gasteiger partial charge < -0.3 is 10.5 Å². The van der Waals surface area contributed by atoms with Crippen LogP contribution < -0.4 is 5.73 Å². The van der Waals surface area contributed by atoms with Crippen LogP contribution in [-0.4, -0.2) is 22.1 Å². The third-order valence-corrected chi connectivity index (χ3v) is 4.30. The molecule has 5 heteroatoms. The van der Waals surface area contributed by atoms with E-state index in [9.17, 15) is 0 Å². The molecule has 0 saturated carbocycles. The Labute approximate surface area is 130 Å². The molecule has 0 spiro atoms. The van der Waals surface area contributed by atoms with Gasteiger partial charge in [-0.2, -0.15) is 0 Å². The molecule has 2 aromatic rings. The third kappa shape index (κ3) is 2.79. The second kappa shape index (κ2) is 6.13. The van der Waals surface area contributed by atoms with Gasteiger partial charge in [-0.15, -0.1) is 0 Å². The molecule has 0 bridgehead atoms. The maximum Gasteiger partial charge on any atom is 0.279 e. The van der Waals surface area contributed by atoms with E-state index in [1.54, 1.807) is 6.33 Å². The van der Waals surface area contributed by atoms with Crippen molar-refractivity contribution in [3.63, 3.8) is 0 Å². The van der Waals surface area contributed by atoms with Crippen molar-refractivity contribution in [1.82, 2.24) is 9.97 Å². The minimum atomic E-state index is -0.195. The van der Waals surface area contributed by atoms with Crippen LogP contribution in [0.25, 0.3) is 11.1 Å². The topological polar surface area (TPSA) is 84.9 Å². The summed E-state index contributed by atoms with van der Waals surface area (Å²) in [6.07, 6.45) is 7.98. The average Bonchev–Trinajstić information content (AvgIpc) is 2.97. The Morgan fingerprint density at radius 2 is 2.14 bits per heavy atom. The van der Waals surface area contributed by atoms with Crippen molar-refractivity contribution in [2.24, 2.45) is 11.7 Å². The predicted molar refractivity (Wildman–Crippen MR) is 85.4 cm³/mol. The van der Waals surface area contributed by atoms with Crippen molar-refractivity contribution in [2.75, 3.05) is 0 Å². The van der Waals surface area contributed by atoms with Gasteiger partial charge in [-0.25, -0.2) is 9.97 Å². The molecule has 3 rings (SSSR count). The normalized spacial score (nSPS) is 17.8. The average molecular weight is 296 g/mol. The Bertz CT molecular complexity index is 672. The van der Waals surface area contributed by atoms with E-state index in [1.807, 2.05) is 12.4 Å². The predicted octanol–water partition coefficient (Wildman–Crippen LogP) is 2.55. The van der Waals surface area contributed by atoms with E-state index in [0.29, 0.717) is 5.92 Å². The number of nitrogens with zero attached hydrogens (tertiary/aromatic N) is 2. The molecule has 114 valence electrons. The first-order valence-corrected chi connectivity index (χ1v) is 7.55. The van der Waals surface area contributed by atoms with Gasteiger partial charge >= 0.3 is 0 Å². The molecule has 0 saturated heterocycles. The number of amidine groups is 1. The Hall–Kier alpha value is -2.43. The van der Waals surface area contributed by atoms with Crippen molar-refractivity contribution in [3.05, 3.63) is 48.0 Å². The molecule has 1 aromatic carbocycles. The van der Waals surface area contributed by atoms with E-state index >= 15 is 0 Å². The first-order valence-electron chi connectivity index (χ1n) is 7.55. The Morgan fingerprint density at radius 3 is 2.82 bits per heavy atom. The van der Waals surface area contributed by atoms with Crippen LogP contribution in [0.15, 0.2) is 36.9 Å². The van der Waals surface area contributed by atoms with Gasteiger partial charge in [0.1, 0.15) is 12.4 Å². The number of hydrogen-bond acceptors (Lipinski definition) is 4. The first-order chi connectivity index (χ1) is 10.7. The summed E-state index contributed by atoms with van der Waals surface area (Å²) in [6, 6.07) is 6.17. The summed E-state index contributed by atoms with van der Waals surface area (Å²) >= 11 is 0. The first kappa shape index (κ1) is 14.5. The van der Waals surface area contributed by atoms with Crippen molar-refractivity contribution < 1.29 is 4.74 Å². The zero-order valence-corrected chi connectivity index (χ0v) is 12.6. The number of benzene rings is 1. The largest absolute Gasteiger partial charge is 0.462 e. The maximum atomic E-state index is 7.37. The molecule has 0 aliphatic heterocycles. The Morgan fingerprint density at radius 1 is 1.36 bits per heavy atom. The highest BCUT2D eigenvalue weighted by Crippen LogP contribution is 2.37. The molecular formula is C17H20N4O. The molecule has 1 unspecified atom stereocenters. The third-order valence-electron chi connectivity index (χ3n) is 4.30. The van der Waals surface area contributed by atoms with Gasteiger partial charge in [-0.3, -0.25) is 5.41 Å². The zero-order valence-electron chi connectivity index (χ0n) is 12.6. The number of nitrogens with two attached hydrogens (primary N) is 1. The smallest absolute Gasteiger partial charge is 0.279 e. The quantitative estimate of drug-likeness (QED) is 0.670. The molecule has 2 atom stereocenters. The highest BCUT2D eigenvalue weighted by Gasteiger charge is 2.31. The molecule has 0 amide bonds. The molecule has 0 fully saturated rings. The molecule has 22 heavy (non-hydrogen) atoms. The summed E-state index contributed by atoms with van der Waals surface area (Å²) in [4.78, 5) is 8.23. The lowest BCUT2D eigenvalue weighted by atomic mass is 9.95. The van der Waals surface area contributed by atoms with Crippen LogP contribution in [-0.2, 0) is 17.6 Å². The molecule has 1 aliphatic carbocycles. The number of ether oxygens (including phenoxy) is 1. The highest BCUT2D eigenvalue weighted by atomic mass is 16.5. The van der Waals surface area contributed by atoms with E-state index in [2.05, 4.69) is 35.1 Å². The monoisotopic (exact) mass is 296 g/mol. The lowest BCUT2D eigenvalue weighted by Gasteiger charge is -2.22. The van der Waals surface area contributed by atoms with E-state index in [-0.39, 0.29) is 12.1 Å². The van der Waals surface area contributed by atoms with Gasteiger partial charge in [-0.05, 0) is 36.0 Å². The number of rotatable bonds is 4. The maximum absolute atomic E-state index is 7.37. The van der Waals surface area contributed by atoms with Gasteiger partial charge in [0, 0.05) is 23.9 Å². The lowest BCUT2D eigenvalue weighted by Crippen LogP contribution is -2.30. The zero-order chi connectivity index (χ0) is 15.5. The van der Waals surface area contributed by atoms with Crippen molar-refractivity contribution in [2.45, 2.75) is 32.3 Å². The van der Waals surface area contributed by atoms with Crippen LogP contribution in [0.3, 0.4) is 0 Å². The van der Waals surface area contributed by atoms with E-state index in [0.717, 1.165) is 24.8 Å². The molecule has 0 radical (unpaired) electrons. The van der Waals surface area contributed by atoms with Crippen molar-refractivity contribution in [1.29, 1.82) is 5.41 Å².